The predicted molar refractivity (Wildman–Crippen MR) is 75.8 cm³/mol. The minimum Gasteiger partial charge on any atom is -0.297 e. The number of piperazine rings is 1. The van der Waals surface area contributed by atoms with Crippen LogP contribution in [0.1, 0.15) is 11.3 Å². The second kappa shape index (κ2) is 6.11. The zero-order valence-corrected chi connectivity index (χ0v) is 11.8. The minimum atomic E-state index is 0.937. The first-order valence-electron chi connectivity index (χ1n) is 6.98. The number of pyridine rings is 1. The van der Waals surface area contributed by atoms with E-state index >= 15 is 0 Å². The third kappa shape index (κ3) is 3.20. The largest absolute Gasteiger partial charge is 0.297 e. The lowest BCUT2D eigenvalue weighted by molar-refractivity contribution is 0.120. The average molecular weight is 272 g/mol. The van der Waals surface area contributed by atoms with Crippen molar-refractivity contribution in [3.05, 3.63) is 42.0 Å². The molecule has 6 nitrogen and oxygen atoms in total. The summed E-state index contributed by atoms with van der Waals surface area (Å²) in [6.45, 7) is 6.35. The van der Waals surface area contributed by atoms with Gasteiger partial charge in [0.2, 0.25) is 0 Å². The molecule has 0 atom stereocenters. The second-order valence-electron chi connectivity index (χ2n) is 5.26. The van der Waals surface area contributed by atoms with E-state index in [4.69, 9.17) is 0 Å². The van der Waals surface area contributed by atoms with Crippen LogP contribution in [0.4, 0.5) is 0 Å². The number of aryl methyl sites for hydroxylation is 1. The van der Waals surface area contributed by atoms with Crippen molar-refractivity contribution < 1.29 is 0 Å². The molecule has 1 aliphatic rings. The molecule has 106 valence electrons. The molecule has 1 fully saturated rings. The van der Waals surface area contributed by atoms with Crippen LogP contribution >= 0.6 is 0 Å². The van der Waals surface area contributed by atoms with Crippen LogP contribution in [0.2, 0.25) is 0 Å². The van der Waals surface area contributed by atoms with E-state index in [-0.39, 0.29) is 0 Å². The van der Waals surface area contributed by atoms with E-state index in [1.165, 1.54) is 11.3 Å². The Balaban J connectivity index is 1.49. The number of aromatic nitrogens is 4. The Kier molecular flexibility index (Phi) is 4.03. The second-order valence-corrected chi connectivity index (χ2v) is 5.26. The highest BCUT2D eigenvalue weighted by Gasteiger charge is 2.18. The van der Waals surface area contributed by atoms with Crippen molar-refractivity contribution in [1.82, 2.24) is 29.8 Å². The SMILES string of the molecule is Cn1nncc1CN1CCN(Cc2ccncc2)CC1. The van der Waals surface area contributed by atoms with Crippen molar-refractivity contribution in [2.75, 3.05) is 26.2 Å². The monoisotopic (exact) mass is 272 g/mol. The van der Waals surface area contributed by atoms with Gasteiger partial charge in [0, 0.05) is 58.7 Å². The highest BCUT2D eigenvalue weighted by Crippen LogP contribution is 2.10. The Morgan fingerprint density at radius 3 is 2.25 bits per heavy atom. The molecule has 1 aliphatic heterocycles. The molecule has 0 unspecified atom stereocenters. The first-order valence-corrected chi connectivity index (χ1v) is 6.98. The van der Waals surface area contributed by atoms with E-state index in [2.05, 4.69) is 37.2 Å². The van der Waals surface area contributed by atoms with Gasteiger partial charge < -0.3 is 0 Å². The standard InChI is InChI=1S/C14H20N6/c1-18-14(10-16-17-18)12-20-8-6-19(7-9-20)11-13-2-4-15-5-3-13/h2-5,10H,6-9,11-12H2,1H3. The summed E-state index contributed by atoms with van der Waals surface area (Å²) in [6.07, 6.45) is 5.57. The van der Waals surface area contributed by atoms with E-state index in [0.29, 0.717) is 0 Å². The Labute approximate surface area is 119 Å². The molecule has 1 saturated heterocycles. The van der Waals surface area contributed by atoms with Crippen molar-refractivity contribution in [2.24, 2.45) is 7.05 Å². The molecule has 0 saturated carbocycles. The number of rotatable bonds is 4. The molecule has 0 radical (unpaired) electrons. The molecule has 0 amide bonds. The van der Waals surface area contributed by atoms with Crippen LogP contribution in [0.3, 0.4) is 0 Å². The zero-order chi connectivity index (χ0) is 13.8. The number of hydrogen-bond donors (Lipinski definition) is 0. The summed E-state index contributed by atoms with van der Waals surface area (Å²) in [5.41, 5.74) is 2.51. The maximum atomic E-state index is 4.06. The van der Waals surface area contributed by atoms with Crippen molar-refractivity contribution in [3.8, 4) is 0 Å². The molecular formula is C14H20N6. The summed E-state index contributed by atoms with van der Waals surface area (Å²) in [5.74, 6) is 0. The number of nitrogens with zero attached hydrogens (tertiary/aromatic N) is 6. The van der Waals surface area contributed by atoms with Gasteiger partial charge in [0.1, 0.15) is 0 Å². The summed E-state index contributed by atoms with van der Waals surface area (Å²) < 4.78 is 1.85. The fourth-order valence-electron chi connectivity index (χ4n) is 2.54. The van der Waals surface area contributed by atoms with Crippen LogP contribution in [0.15, 0.2) is 30.7 Å². The lowest BCUT2D eigenvalue weighted by Gasteiger charge is -2.34. The van der Waals surface area contributed by atoms with Crippen molar-refractivity contribution in [3.63, 3.8) is 0 Å². The van der Waals surface area contributed by atoms with Crippen LogP contribution in [0.5, 0.6) is 0 Å². The first kappa shape index (κ1) is 13.2. The first-order chi connectivity index (χ1) is 9.81. The van der Waals surface area contributed by atoms with Gasteiger partial charge in [-0.1, -0.05) is 5.21 Å². The van der Waals surface area contributed by atoms with Gasteiger partial charge in [0.15, 0.2) is 0 Å². The smallest absolute Gasteiger partial charge is 0.0738 e. The van der Waals surface area contributed by atoms with Gasteiger partial charge in [-0.25, -0.2) is 0 Å². The van der Waals surface area contributed by atoms with E-state index in [0.717, 1.165) is 39.3 Å². The average Bonchev–Trinajstić information content (AvgIpc) is 2.88. The lowest BCUT2D eigenvalue weighted by Crippen LogP contribution is -2.45. The molecule has 2 aromatic heterocycles. The van der Waals surface area contributed by atoms with Gasteiger partial charge in [0.25, 0.3) is 0 Å². The van der Waals surface area contributed by atoms with E-state index < -0.39 is 0 Å². The zero-order valence-electron chi connectivity index (χ0n) is 11.8. The fourth-order valence-corrected chi connectivity index (χ4v) is 2.54. The number of hydrogen-bond acceptors (Lipinski definition) is 5. The summed E-state index contributed by atoms with van der Waals surface area (Å²) in [7, 11) is 1.95. The molecule has 20 heavy (non-hydrogen) atoms. The van der Waals surface area contributed by atoms with Gasteiger partial charge in [0.05, 0.1) is 11.9 Å². The van der Waals surface area contributed by atoms with Crippen LogP contribution in [0, 0.1) is 0 Å². The van der Waals surface area contributed by atoms with Gasteiger partial charge in [-0.2, -0.15) is 0 Å². The summed E-state index contributed by atoms with van der Waals surface area (Å²) >= 11 is 0. The van der Waals surface area contributed by atoms with Gasteiger partial charge in [-0.05, 0) is 17.7 Å². The molecule has 0 aliphatic carbocycles. The molecule has 0 bridgehead atoms. The normalized spacial score (nSPS) is 17.4. The molecule has 3 rings (SSSR count). The molecule has 3 heterocycles. The third-order valence-corrected chi connectivity index (χ3v) is 3.81. The topological polar surface area (TPSA) is 50.1 Å². The van der Waals surface area contributed by atoms with Crippen LogP contribution in [0.25, 0.3) is 0 Å². The maximum absolute atomic E-state index is 4.06. The summed E-state index contributed by atoms with van der Waals surface area (Å²) in [5, 5.41) is 7.90. The summed E-state index contributed by atoms with van der Waals surface area (Å²) in [6, 6.07) is 4.18. The lowest BCUT2D eigenvalue weighted by atomic mass is 10.2. The Bertz CT molecular complexity index is 530. The van der Waals surface area contributed by atoms with Gasteiger partial charge in [-0.3, -0.25) is 19.5 Å². The van der Waals surface area contributed by atoms with Crippen LogP contribution in [-0.4, -0.2) is 56.0 Å². The Morgan fingerprint density at radius 1 is 1.00 bits per heavy atom. The van der Waals surface area contributed by atoms with Crippen molar-refractivity contribution >= 4 is 0 Å². The molecule has 0 N–H and O–H groups in total. The van der Waals surface area contributed by atoms with E-state index in [1.54, 1.807) is 0 Å². The molecule has 0 aromatic carbocycles. The highest BCUT2D eigenvalue weighted by atomic mass is 15.4. The highest BCUT2D eigenvalue weighted by molar-refractivity contribution is 5.09. The van der Waals surface area contributed by atoms with Gasteiger partial charge >= 0.3 is 0 Å². The third-order valence-electron chi connectivity index (χ3n) is 3.81. The predicted octanol–water partition coefficient (Wildman–Crippen LogP) is 0.528. The molecular weight excluding hydrogens is 252 g/mol. The maximum Gasteiger partial charge on any atom is 0.0738 e. The van der Waals surface area contributed by atoms with Gasteiger partial charge in [-0.15, -0.1) is 5.10 Å². The fraction of sp³-hybridized carbons (Fsp3) is 0.500. The minimum absolute atomic E-state index is 0.937. The van der Waals surface area contributed by atoms with Crippen LogP contribution in [-0.2, 0) is 20.1 Å². The Hall–Kier alpha value is -1.79. The van der Waals surface area contributed by atoms with Crippen LogP contribution < -0.4 is 0 Å². The Morgan fingerprint density at radius 2 is 1.65 bits per heavy atom. The van der Waals surface area contributed by atoms with Crippen molar-refractivity contribution in [2.45, 2.75) is 13.1 Å². The van der Waals surface area contributed by atoms with E-state index in [1.807, 2.05) is 30.3 Å². The van der Waals surface area contributed by atoms with Crippen molar-refractivity contribution in [1.29, 1.82) is 0 Å². The summed E-state index contributed by atoms with van der Waals surface area (Å²) in [4.78, 5) is 9.01. The quantitative estimate of drug-likeness (QED) is 0.812. The molecule has 0 spiro atoms. The molecule has 2 aromatic rings. The van der Waals surface area contributed by atoms with E-state index in [9.17, 15) is 0 Å². The molecule has 6 heteroatoms.